The van der Waals surface area contributed by atoms with Gasteiger partial charge in [0, 0.05) is 38.8 Å². The molecular weight excluding hydrogens is 473 g/mol. The van der Waals surface area contributed by atoms with Gasteiger partial charge in [0.1, 0.15) is 5.82 Å². The number of benzene rings is 2. The molecule has 2 fully saturated rings. The smallest absolute Gasteiger partial charge is 0.246 e. The molecular formula is C27H31F3N2O4. The minimum Gasteiger partial charge on any atom is -0.389 e. The Kier molecular flexibility index (Phi) is 7.85. The van der Waals surface area contributed by atoms with Crippen LogP contribution in [-0.4, -0.2) is 75.5 Å². The molecule has 3 N–H and O–H groups in total. The van der Waals surface area contributed by atoms with Crippen LogP contribution in [0.4, 0.5) is 13.2 Å². The summed E-state index contributed by atoms with van der Waals surface area (Å²) in [6.45, 7) is 1.76. The molecule has 1 amide bonds. The van der Waals surface area contributed by atoms with Crippen LogP contribution in [0, 0.1) is 17.5 Å². The van der Waals surface area contributed by atoms with Gasteiger partial charge in [-0.05, 0) is 67.2 Å². The first-order valence-electron chi connectivity index (χ1n) is 12.1. The third-order valence-corrected chi connectivity index (χ3v) is 7.42. The molecule has 0 aliphatic carbocycles. The van der Waals surface area contributed by atoms with Gasteiger partial charge < -0.3 is 25.1 Å². The average molecular weight is 505 g/mol. The molecule has 0 saturated carbocycles. The highest BCUT2D eigenvalue weighted by atomic mass is 19.2. The van der Waals surface area contributed by atoms with Gasteiger partial charge in [0.05, 0.1) is 17.3 Å². The fourth-order valence-electron chi connectivity index (χ4n) is 4.91. The summed E-state index contributed by atoms with van der Waals surface area (Å²) in [4.78, 5) is 16.0. The van der Waals surface area contributed by atoms with E-state index >= 15 is 0 Å². The van der Waals surface area contributed by atoms with Gasteiger partial charge >= 0.3 is 0 Å². The number of hydrogen-bond donors (Lipinski definition) is 3. The second kappa shape index (κ2) is 10.7. The summed E-state index contributed by atoms with van der Waals surface area (Å²) in [6, 6.07) is 9.20. The van der Waals surface area contributed by atoms with Gasteiger partial charge in [-0.15, -0.1) is 0 Å². The largest absolute Gasteiger partial charge is 0.389 e. The lowest BCUT2D eigenvalue weighted by molar-refractivity contribution is -0.141. The number of aliphatic hydroxyl groups excluding tert-OH is 1. The SMILES string of the molecule is O=C(/C=C/c1ccc(F)c(F)c1)N1CCC(O)(C(O)CN2CCC(O)(c3ccc(F)cc3)CC2)CC1. The van der Waals surface area contributed by atoms with E-state index in [2.05, 4.69) is 0 Å². The third-order valence-electron chi connectivity index (χ3n) is 7.42. The van der Waals surface area contributed by atoms with Gasteiger partial charge in [-0.2, -0.15) is 0 Å². The van der Waals surface area contributed by atoms with Gasteiger partial charge in [0.2, 0.25) is 5.91 Å². The number of aliphatic hydroxyl groups is 3. The molecule has 1 atom stereocenters. The van der Waals surface area contributed by atoms with Crippen LogP contribution in [0.5, 0.6) is 0 Å². The second-order valence-corrected chi connectivity index (χ2v) is 9.79. The first kappa shape index (κ1) is 26.3. The number of rotatable bonds is 6. The topological polar surface area (TPSA) is 84.2 Å². The lowest BCUT2D eigenvalue weighted by Crippen LogP contribution is -2.56. The molecule has 2 heterocycles. The van der Waals surface area contributed by atoms with Crippen LogP contribution in [0.1, 0.15) is 36.8 Å². The van der Waals surface area contributed by atoms with Crippen LogP contribution in [-0.2, 0) is 10.4 Å². The lowest BCUT2D eigenvalue weighted by Gasteiger charge is -2.44. The van der Waals surface area contributed by atoms with E-state index in [1.807, 2.05) is 4.90 Å². The van der Waals surface area contributed by atoms with Gasteiger partial charge in [-0.1, -0.05) is 18.2 Å². The molecule has 36 heavy (non-hydrogen) atoms. The van der Waals surface area contributed by atoms with Crippen LogP contribution >= 0.6 is 0 Å². The minimum absolute atomic E-state index is 0.201. The number of likely N-dealkylation sites (tertiary alicyclic amines) is 2. The standard InChI is InChI=1S/C27H31F3N2O4/c28-21-5-3-20(4-6-21)26(35)9-13-31(14-10-26)18-24(33)27(36)11-15-32(16-12-27)25(34)8-2-19-1-7-22(29)23(30)17-19/h1-8,17,24,33,35-36H,9-16,18H2/b8-2+. The molecule has 0 spiro atoms. The Hall–Kier alpha value is -2.72. The van der Waals surface area contributed by atoms with Crippen molar-refractivity contribution >= 4 is 12.0 Å². The fourth-order valence-corrected chi connectivity index (χ4v) is 4.91. The maximum absolute atomic E-state index is 13.3. The number of amides is 1. The second-order valence-electron chi connectivity index (χ2n) is 9.79. The summed E-state index contributed by atoms with van der Waals surface area (Å²) in [5, 5.41) is 32.8. The summed E-state index contributed by atoms with van der Waals surface area (Å²) in [6.07, 6.45) is 2.92. The summed E-state index contributed by atoms with van der Waals surface area (Å²) in [5.41, 5.74) is -1.37. The molecule has 1 unspecified atom stereocenters. The predicted octanol–water partition coefficient (Wildman–Crippen LogP) is 2.82. The Morgan fingerprint density at radius 3 is 2.17 bits per heavy atom. The Bertz CT molecular complexity index is 1090. The van der Waals surface area contributed by atoms with Gasteiger partial charge in [0.25, 0.3) is 0 Å². The number of β-amino-alcohol motifs (C(OH)–C–C–N with tert-alkyl or cyclic N) is 1. The number of carbonyl (C=O) groups is 1. The summed E-state index contributed by atoms with van der Waals surface area (Å²) in [5.74, 6) is -2.62. The van der Waals surface area contributed by atoms with Crippen molar-refractivity contribution < 1.29 is 33.3 Å². The Morgan fingerprint density at radius 1 is 0.917 bits per heavy atom. The van der Waals surface area contributed by atoms with Crippen molar-refractivity contribution in [2.24, 2.45) is 0 Å². The molecule has 9 heteroatoms. The van der Waals surface area contributed by atoms with Crippen molar-refractivity contribution in [2.75, 3.05) is 32.7 Å². The number of halogens is 3. The van der Waals surface area contributed by atoms with Crippen molar-refractivity contribution in [1.29, 1.82) is 0 Å². The predicted molar refractivity (Wildman–Crippen MR) is 128 cm³/mol. The average Bonchev–Trinajstić information content (AvgIpc) is 2.87. The first-order chi connectivity index (χ1) is 17.1. The molecule has 2 aliphatic rings. The number of nitrogens with zero attached hydrogens (tertiary/aromatic N) is 2. The van der Waals surface area contributed by atoms with Crippen molar-refractivity contribution in [2.45, 2.75) is 43.0 Å². The monoisotopic (exact) mass is 504 g/mol. The maximum Gasteiger partial charge on any atom is 0.246 e. The Morgan fingerprint density at radius 2 is 1.56 bits per heavy atom. The quantitative estimate of drug-likeness (QED) is 0.527. The molecule has 2 aliphatic heterocycles. The number of carbonyl (C=O) groups excluding carboxylic acids is 1. The highest BCUT2D eigenvalue weighted by molar-refractivity contribution is 5.91. The minimum atomic E-state index is -1.34. The molecule has 2 aromatic rings. The van der Waals surface area contributed by atoms with Crippen molar-refractivity contribution in [3.05, 3.63) is 77.1 Å². The number of hydrogen-bond acceptors (Lipinski definition) is 5. The summed E-state index contributed by atoms with van der Waals surface area (Å²) >= 11 is 0. The summed E-state index contributed by atoms with van der Waals surface area (Å²) in [7, 11) is 0. The van der Waals surface area contributed by atoms with E-state index in [1.165, 1.54) is 30.4 Å². The Labute approximate surface area is 208 Å². The van der Waals surface area contributed by atoms with Crippen LogP contribution in [0.2, 0.25) is 0 Å². The molecule has 0 bridgehead atoms. The molecule has 2 aromatic carbocycles. The normalized spacial score (nSPS) is 21.0. The zero-order valence-corrected chi connectivity index (χ0v) is 19.9. The lowest BCUT2D eigenvalue weighted by atomic mass is 9.83. The number of piperidine rings is 2. The van der Waals surface area contributed by atoms with Gasteiger partial charge in [0.15, 0.2) is 11.6 Å². The van der Waals surface area contributed by atoms with Gasteiger partial charge in [-0.3, -0.25) is 4.79 Å². The summed E-state index contributed by atoms with van der Waals surface area (Å²) < 4.78 is 39.6. The van der Waals surface area contributed by atoms with Crippen molar-refractivity contribution in [3.8, 4) is 0 Å². The fraction of sp³-hybridized carbons (Fsp3) is 0.444. The van der Waals surface area contributed by atoms with E-state index < -0.39 is 28.9 Å². The van der Waals surface area contributed by atoms with E-state index in [1.54, 1.807) is 17.0 Å². The van der Waals surface area contributed by atoms with Crippen LogP contribution in [0.15, 0.2) is 48.5 Å². The van der Waals surface area contributed by atoms with E-state index in [9.17, 15) is 33.3 Å². The zero-order chi connectivity index (χ0) is 25.9. The van der Waals surface area contributed by atoms with E-state index in [-0.39, 0.29) is 44.2 Å². The van der Waals surface area contributed by atoms with Crippen LogP contribution in [0.25, 0.3) is 6.08 Å². The van der Waals surface area contributed by atoms with Crippen molar-refractivity contribution in [3.63, 3.8) is 0 Å². The zero-order valence-electron chi connectivity index (χ0n) is 19.9. The maximum atomic E-state index is 13.3. The Balaban J connectivity index is 1.26. The van der Waals surface area contributed by atoms with Crippen molar-refractivity contribution in [1.82, 2.24) is 9.80 Å². The molecule has 0 radical (unpaired) electrons. The van der Waals surface area contributed by atoms with E-state index in [0.717, 1.165) is 12.1 Å². The molecule has 2 saturated heterocycles. The van der Waals surface area contributed by atoms with Crippen LogP contribution in [0.3, 0.4) is 0 Å². The molecule has 4 rings (SSSR count). The highest BCUT2D eigenvalue weighted by Gasteiger charge is 2.42. The van der Waals surface area contributed by atoms with E-state index in [0.29, 0.717) is 37.1 Å². The van der Waals surface area contributed by atoms with E-state index in [4.69, 9.17) is 0 Å². The third kappa shape index (κ3) is 5.98. The van der Waals surface area contributed by atoms with Crippen LogP contribution < -0.4 is 0 Å². The molecule has 194 valence electrons. The van der Waals surface area contributed by atoms with Gasteiger partial charge in [-0.25, -0.2) is 13.2 Å². The molecule has 0 aromatic heterocycles. The highest BCUT2D eigenvalue weighted by Crippen LogP contribution is 2.34. The molecule has 6 nitrogen and oxygen atoms in total. The first-order valence-corrected chi connectivity index (χ1v) is 12.1.